The number of aliphatic imine (C=N–C) groups is 1. The highest BCUT2D eigenvalue weighted by atomic mass is 19.1. The summed E-state index contributed by atoms with van der Waals surface area (Å²) in [5.74, 6) is -2.39. The number of hydrogen-bond donors (Lipinski definition) is 3. The van der Waals surface area contributed by atoms with Crippen LogP contribution in [0.2, 0.25) is 0 Å². The average Bonchev–Trinajstić information content (AvgIpc) is 3.23. The number of methoxy groups -OCH3 is 1. The predicted molar refractivity (Wildman–Crippen MR) is 115 cm³/mol. The Morgan fingerprint density at radius 1 is 1.24 bits per heavy atom. The van der Waals surface area contributed by atoms with E-state index in [-0.39, 0.29) is 24.0 Å². The molecule has 1 saturated heterocycles. The lowest BCUT2D eigenvalue weighted by atomic mass is 9.91. The van der Waals surface area contributed by atoms with Crippen LogP contribution in [0.3, 0.4) is 0 Å². The maximum Gasteiger partial charge on any atom is 0.289 e. The van der Waals surface area contributed by atoms with E-state index in [4.69, 9.17) is 24.1 Å². The van der Waals surface area contributed by atoms with Crippen molar-refractivity contribution in [2.45, 2.75) is 11.3 Å². The quantitative estimate of drug-likeness (QED) is 0.500. The highest BCUT2D eigenvalue weighted by Gasteiger charge is 2.43. The fraction of sp³-hybridized carbons (Fsp3) is 0.364. The van der Waals surface area contributed by atoms with Crippen LogP contribution in [0.1, 0.15) is 5.56 Å². The van der Waals surface area contributed by atoms with Crippen molar-refractivity contribution in [2.75, 3.05) is 45.4 Å². The van der Waals surface area contributed by atoms with Crippen LogP contribution in [-0.4, -0.2) is 66.8 Å². The Kier molecular flexibility index (Phi) is 5.58. The number of nitrogens with zero attached hydrogens (tertiary/aromatic N) is 2. The SMILES string of the molecule is COC1(c2c[nH]c3nccc(Oc4c(F)cc(NC5=NC[C@@](F)(CO)CO5)cc4F)c23)COC1. The Labute approximate surface area is 191 Å². The molecule has 4 heterocycles. The van der Waals surface area contributed by atoms with Gasteiger partial charge in [0.15, 0.2) is 23.1 Å². The number of benzene rings is 1. The molecule has 1 aromatic carbocycles. The van der Waals surface area contributed by atoms with E-state index in [0.717, 1.165) is 12.1 Å². The van der Waals surface area contributed by atoms with Gasteiger partial charge < -0.3 is 34.4 Å². The van der Waals surface area contributed by atoms with Crippen LogP contribution in [0, 0.1) is 11.6 Å². The van der Waals surface area contributed by atoms with E-state index >= 15 is 0 Å². The summed E-state index contributed by atoms with van der Waals surface area (Å²) in [4.78, 5) is 11.1. The number of aliphatic hydroxyl groups excluding tert-OH is 1. The first-order chi connectivity index (χ1) is 16.4. The first kappa shape index (κ1) is 22.4. The number of halogens is 3. The number of ether oxygens (including phenoxy) is 4. The third-order valence-electron chi connectivity index (χ3n) is 5.81. The number of aromatic nitrogens is 2. The zero-order valence-corrected chi connectivity index (χ0v) is 18.0. The number of amidine groups is 1. The summed E-state index contributed by atoms with van der Waals surface area (Å²) in [6, 6.07) is 3.39. The second-order valence-corrected chi connectivity index (χ2v) is 8.14. The summed E-state index contributed by atoms with van der Waals surface area (Å²) >= 11 is 0. The lowest BCUT2D eigenvalue weighted by Crippen LogP contribution is -2.48. The number of pyridine rings is 1. The van der Waals surface area contributed by atoms with Crippen LogP contribution < -0.4 is 10.1 Å². The number of nitrogens with one attached hydrogen (secondary N) is 2. The van der Waals surface area contributed by atoms with Gasteiger partial charge in [0.1, 0.15) is 23.6 Å². The lowest BCUT2D eigenvalue weighted by molar-refractivity contribution is -0.201. The Hall–Kier alpha value is -3.35. The first-order valence-corrected chi connectivity index (χ1v) is 10.4. The second-order valence-electron chi connectivity index (χ2n) is 8.14. The van der Waals surface area contributed by atoms with Crippen LogP contribution in [0.25, 0.3) is 11.0 Å². The Balaban J connectivity index is 1.42. The number of fused-ring (bicyclic) bond motifs is 1. The van der Waals surface area contributed by atoms with E-state index in [0.29, 0.717) is 29.8 Å². The Morgan fingerprint density at radius 3 is 2.59 bits per heavy atom. The number of alkyl halides is 1. The molecule has 1 atom stereocenters. The number of anilines is 1. The molecular formula is C22H21F3N4O5. The maximum atomic E-state index is 14.9. The molecule has 0 saturated carbocycles. The fourth-order valence-corrected chi connectivity index (χ4v) is 3.78. The third-order valence-corrected chi connectivity index (χ3v) is 5.81. The van der Waals surface area contributed by atoms with Crippen molar-refractivity contribution in [3.8, 4) is 11.5 Å². The van der Waals surface area contributed by atoms with Gasteiger partial charge in [0.05, 0.1) is 31.8 Å². The van der Waals surface area contributed by atoms with E-state index in [9.17, 15) is 13.2 Å². The molecule has 1 fully saturated rings. The zero-order chi connectivity index (χ0) is 23.9. The van der Waals surface area contributed by atoms with Gasteiger partial charge in [-0.15, -0.1) is 0 Å². The van der Waals surface area contributed by atoms with Gasteiger partial charge in [-0.3, -0.25) is 0 Å². The summed E-state index contributed by atoms with van der Waals surface area (Å²) < 4.78 is 65.5. The van der Waals surface area contributed by atoms with Crippen molar-refractivity contribution in [2.24, 2.45) is 4.99 Å². The van der Waals surface area contributed by atoms with E-state index < -0.39 is 41.9 Å². The van der Waals surface area contributed by atoms with Crippen molar-refractivity contribution in [3.05, 3.63) is 47.8 Å². The molecule has 3 N–H and O–H groups in total. The number of hydrogen-bond acceptors (Lipinski definition) is 8. The van der Waals surface area contributed by atoms with Crippen molar-refractivity contribution >= 4 is 22.7 Å². The van der Waals surface area contributed by atoms with Crippen LogP contribution >= 0.6 is 0 Å². The summed E-state index contributed by atoms with van der Waals surface area (Å²) in [6.07, 6.45) is 3.17. The normalized spacial score (nSPS) is 21.5. The minimum absolute atomic E-state index is 0.0105. The smallest absolute Gasteiger partial charge is 0.289 e. The van der Waals surface area contributed by atoms with E-state index in [1.165, 1.54) is 12.3 Å². The molecule has 0 spiro atoms. The zero-order valence-electron chi connectivity index (χ0n) is 18.0. The van der Waals surface area contributed by atoms with Gasteiger partial charge >= 0.3 is 0 Å². The molecule has 0 aliphatic carbocycles. The molecule has 5 rings (SSSR count). The Morgan fingerprint density at radius 2 is 2.00 bits per heavy atom. The van der Waals surface area contributed by atoms with Gasteiger partial charge in [-0.1, -0.05) is 0 Å². The van der Waals surface area contributed by atoms with Crippen LogP contribution in [0.4, 0.5) is 18.9 Å². The number of H-pyrrole nitrogens is 1. The maximum absolute atomic E-state index is 14.9. The van der Waals surface area contributed by atoms with Crippen LogP contribution in [0.15, 0.2) is 35.6 Å². The van der Waals surface area contributed by atoms with Crippen molar-refractivity contribution in [1.82, 2.24) is 9.97 Å². The van der Waals surface area contributed by atoms with Gasteiger partial charge in [0, 0.05) is 42.9 Å². The monoisotopic (exact) mass is 478 g/mol. The summed E-state index contributed by atoms with van der Waals surface area (Å²) in [5.41, 5.74) is -1.53. The van der Waals surface area contributed by atoms with Crippen molar-refractivity contribution < 1.29 is 37.2 Å². The standard InChI is InChI=1S/C22H21F3N4O5/c1-31-22(10-32-11-22)13-6-27-19-17(13)16(2-3-26-19)34-18-14(23)4-12(5-15(18)24)29-20-28-7-21(25,8-30)9-33-20/h2-6,30H,7-11H2,1H3,(H,26,27)(H,28,29)/t21-/m1/s1. The minimum atomic E-state index is -1.99. The van der Waals surface area contributed by atoms with Gasteiger partial charge in [-0.2, -0.15) is 0 Å². The summed E-state index contributed by atoms with van der Waals surface area (Å²) in [6.45, 7) is -0.887. The molecule has 0 bridgehead atoms. The third kappa shape index (κ3) is 3.83. The molecule has 9 nitrogen and oxygen atoms in total. The Bertz CT molecular complexity index is 1230. The molecule has 180 valence electrons. The molecule has 34 heavy (non-hydrogen) atoms. The molecule has 2 aromatic heterocycles. The fourth-order valence-electron chi connectivity index (χ4n) is 3.78. The highest BCUT2D eigenvalue weighted by Crippen LogP contribution is 2.42. The van der Waals surface area contributed by atoms with Crippen LogP contribution in [-0.2, 0) is 19.8 Å². The van der Waals surface area contributed by atoms with Crippen LogP contribution in [0.5, 0.6) is 11.5 Å². The lowest BCUT2D eigenvalue weighted by Gasteiger charge is -2.39. The number of aliphatic hydroxyl groups is 1. The van der Waals surface area contributed by atoms with Gasteiger partial charge in [0.2, 0.25) is 0 Å². The number of rotatable bonds is 6. The van der Waals surface area contributed by atoms with Crippen molar-refractivity contribution in [1.29, 1.82) is 0 Å². The molecule has 2 aliphatic rings. The van der Waals surface area contributed by atoms with Gasteiger partial charge in [-0.25, -0.2) is 23.1 Å². The second kappa shape index (κ2) is 8.46. The topological polar surface area (TPSA) is 110 Å². The predicted octanol–water partition coefficient (Wildman–Crippen LogP) is 3.00. The molecule has 0 amide bonds. The molecular weight excluding hydrogens is 457 g/mol. The molecule has 0 radical (unpaired) electrons. The minimum Gasteiger partial charge on any atom is -0.461 e. The molecule has 3 aromatic rings. The number of aromatic amines is 1. The van der Waals surface area contributed by atoms with Gasteiger partial charge in [-0.05, 0) is 6.07 Å². The van der Waals surface area contributed by atoms with Gasteiger partial charge in [0.25, 0.3) is 6.02 Å². The highest BCUT2D eigenvalue weighted by molar-refractivity contribution is 5.90. The summed E-state index contributed by atoms with van der Waals surface area (Å²) in [5, 5.41) is 12.1. The molecule has 0 unspecified atom stereocenters. The first-order valence-electron chi connectivity index (χ1n) is 10.4. The molecule has 2 aliphatic heterocycles. The van der Waals surface area contributed by atoms with Crippen molar-refractivity contribution in [3.63, 3.8) is 0 Å². The summed E-state index contributed by atoms with van der Waals surface area (Å²) in [7, 11) is 1.56. The van der Waals surface area contributed by atoms with E-state index in [1.807, 2.05) is 0 Å². The molecule has 12 heteroatoms. The largest absolute Gasteiger partial charge is 0.461 e. The van der Waals surface area contributed by atoms with E-state index in [2.05, 4.69) is 20.3 Å². The average molecular weight is 478 g/mol. The van der Waals surface area contributed by atoms with E-state index in [1.54, 1.807) is 13.3 Å².